The summed E-state index contributed by atoms with van der Waals surface area (Å²) in [7, 11) is 0. The molecule has 116 valence electrons. The molecule has 0 saturated carbocycles. The molecular weight excluding hydrogens is 555 g/mol. The second-order valence-electron chi connectivity index (χ2n) is 3.92. The van der Waals surface area contributed by atoms with E-state index in [1.165, 1.54) is 9.65 Å². The van der Waals surface area contributed by atoms with Crippen molar-refractivity contribution in [2.45, 2.75) is 4.94 Å². The molecule has 2 aromatic carbocycles. The first kappa shape index (κ1) is 29.6. The van der Waals surface area contributed by atoms with Gasteiger partial charge < -0.3 is 9.90 Å². The molecule has 2 aromatic rings. The fourth-order valence-corrected chi connectivity index (χ4v) is 3.57. The number of rotatable bonds is 3. The van der Waals surface area contributed by atoms with Crippen LogP contribution in [0.2, 0.25) is 4.94 Å². The summed E-state index contributed by atoms with van der Waals surface area (Å²) in [4.78, 5) is 22.8. The van der Waals surface area contributed by atoms with Crippen molar-refractivity contribution in [3.63, 3.8) is 0 Å². The van der Waals surface area contributed by atoms with E-state index < -0.39 is 33.1 Å². The number of hydrogen-bond acceptors (Lipinski definition) is 4. The fraction of sp³-hybridized carbons (Fsp3) is 0.0667. The molecule has 0 spiro atoms. The molecule has 0 bridgehead atoms. The molecule has 0 amide bonds. The average Bonchev–Trinajstić information content (AvgIpc) is 2.48. The quantitative estimate of drug-likeness (QED) is 0.274. The second kappa shape index (κ2) is 16.0. The Morgan fingerprint density at radius 3 is 1.75 bits per heavy atom. The zero-order valence-corrected chi connectivity index (χ0v) is 22.5. The summed E-state index contributed by atoms with van der Waals surface area (Å²) in [6, 6.07) is 13.6. The van der Waals surface area contributed by atoms with Crippen LogP contribution in [0.5, 0.6) is 0 Å². The molecule has 0 aromatic heterocycles. The van der Waals surface area contributed by atoms with Crippen molar-refractivity contribution >= 4 is 59.3 Å². The van der Waals surface area contributed by atoms with Crippen LogP contribution in [0.1, 0.15) is 20.7 Å². The minimum Gasteiger partial charge on any atom is 1.00 e. The summed E-state index contributed by atoms with van der Waals surface area (Å²) >= 11 is 1.55. The van der Waals surface area contributed by atoms with Gasteiger partial charge in [0, 0.05) is 3.57 Å². The normalized spacial score (nSPS) is 8.25. The van der Waals surface area contributed by atoms with E-state index in [1.54, 1.807) is 30.3 Å². The van der Waals surface area contributed by atoms with Crippen molar-refractivity contribution in [3.05, 3.63) is 63.2 Å². The van der Waals surface area contributed by atoms with E-state index in [2.05, 4.69) is 4.94 Å². The van der Waals surface area contributed by atoms with Crippen molar-refractivity contribution in [2.24, 2.45) is 0 Å². The third-order valence-electron chi connectivity index (χ3n) is 2.45. The third-order valence-corrected chi connectivity index (χ3v) is 5.65. The molecule has 24 heavy (non-hydrogen) atoms. The van der Waals surface area contributed by atoms with E-state index >= 15 is 0 Å². The zero-order chi connectivity index (χ0) is 15.8. The SMILES string of the molecule is F.O=C([O-])c1cccc(I)c1.[CH3][Sn][c]1cccc(C(=O)[O-])c1.[Na+].[Na+]. The van der Waals surface area contributed by atoms with Gasteiger partial charge in [0.05, 0.1) is 5.97 Å². The van der Waals surface area contributed by atoms with E-state index in [-0.39, 0.29) is 69.4 Å². The van der Waals surface area contributed by atoms with Crippen LogP contribution in [0.3, 0.4) is 0 Å². The number of carbonyl (C=O) groups excluding carboxylic acids is 2. The summed E-state index contributed by atoms with van der Waals surface area (Å²) in [6.45, 7) is 0. The summed E-state index contributed by atoms with van der Waals surface area (Å²) in [5.41, 5.74) is 0.525. The van der Waals surface area contributed by atoms with Crippen molar-refractivity contribution < 1.29 is 83.6 Å². The van der Waals surface area contributed by atoms with Crippen molar-refractivity contribution in [2.75, 3.05) is 0 Å². The van der Waals surface area contributed by atoms with Crippen molar-refractivity contribution in [1.29, 1.82) is 0 Å². The molecule has 2 rings (SSSR count). The van der Waals surface area contributed by atoms with Gasteiger partial charge in [0.1, 0.15) is 0 Å². The maximum Gasteiger partial charge on any atom is 1.00 e. The Labute approximate surface area is 208 Å². The number of carbonyl (C=O) groups is 2. The summed E-state index contributed by atoms with van der Waals surface area (Å²) in [5.74, 6) is -2.21. The van der Waals surface area contributed by atoms with Gasteiger partial charge in [0.15, 0.2) is 0 Å². The molecule has 0 aliphatic carbocycles. The molecule has 0 heterocycles. The number of carboxylic acid groups (broad SMARTS) is 2. The number of aromatic carboxylic acids is 2. The molecular formula is C15H12FINa2O4Sn. The van der Waals surface area contributed by atoms with E-state index in [1.807, 2.05) is 34.7 Å². The van der Waals surface area contributed by atoms with Crippen molar-refractivity contribution in [1.82, 2.24) is 0 Å². The second-order valence-corrected chi connectivity index (χ2v) is 8.24. The number of hydrogen-bond donors (Lipinski definition) is 0. The number of carboxylic acids is 2. The van der Waals surface area contributed by atoms with Crippen LogP contribution in [0.4, 0.5) is 4.70 Å². The average molecular weight is 567 g/mol. The van der Waals surface area contributed by atoms with E-state index in [9.17, 15) is 19.8 Å². The van der Waals surface area contributed by atoms with Crippen LogP contribution in [-0.4, -0.2) is 33.1 Å². The number of benzene rings is 2. The minimum atomic E-state index is -1.13. The number of halogens is 2. The summed E-state index contributed by atoms with van der Waals surface area (Å²) in [5, 5.41) is 20.6. The first-order valence-electron chi connectivity index (χ1n) is 5.90. The third kappa shape index (κ3) is 11.5. The first-order valence-corrected chi connectivity index (χ1v) is 11.3. The van der Waals surface area contributed by atoms with Gasteiger partial charge in [-0.1, -0.05) is 12.1 Å². The van der Waals surface area contributed by atoms with Crippen LogP contribution in [0.25, 0.3) is 0 Å². The molecule has 4 nitrogen and oxygen atoms in total. The standard InChI is InChI=1S/C7H5IO2.C7H5O2.CH3.FH.2Na.Sn/c8-6-3-1-2-5(4-6)7(9)10;8-7(9)6-4-2-1-3-5-6;;;;;/h1-4H,(H,9,10);1-2,4-5H,(H,8,9);1H3;1H;;;/q;;;;2*+1;/p-2. The van der Waals surface area contributed by atoms with Gasteiger partial charge in [-0.25, -0.2) is 0 Å². The van der Waals surface area contributed by atoms with Crippen LogP contribution in [-0.2, 0) is 0 Å². The Balaban J connectivity index is -0.000000328. The molecule has 0 aliphatic rings. The Hall–Kier alpha value is 0.839. The molecule has 2 radical (unpaired) electrons. The Bertz CT molecular complexity index is 659. The van der Waals surface area contributed by atoms with Gasteiger partial charge in [-0.15, -0.1) is 0 Å². The maximum atomic E-state index is 10.4. The maximum absolute atomic E-state index is 10.4. The Morgan fingerprint density at radius 1 is 0.917 bits per heavy atom. The Morgan fingerprint density at radius 2 is 1.38 bits per heavy atom. The fourth-order valence-electron chi connectivity index (χ4n) is 1.42. The van der Waals surface area contributed by atoms with Gasteiger partial charge in [0.2, 0.25) is 0 Å². The van der Waals surface area contributed by atoms with E-state index in [0.717, 1.165) is 3.57 Å². The van der Waals surface area contributed by atoms with Crippen molar-refractivity contribution in [3.8, 4) is 0 Å². The zero-order valence-electron chi connectivity index (χ0n) is 13.5. The molecule has 0 aliphatic heterocycles. The van der Waals surface area contributed by atoms with Gasteiger partial charge in [-0.2, -0.15) is 0 Å². The molecule has 0 N–H and O–H groups in total. The molecule has 0 unspecified atom stereocenters. The van der Waals surface area contributed by atoms with Gasteiger partial charge in [0.25, 0.3) is 0 Å². The topological polar surface area (TPSA) is 80.3 Å². The monoisotopic (exact) mass is 568 g/mol. The van der Waals surface area contributed by atoms with E-state index in [4.69, 9.17) is 0 Å². The van der Waals surface area contributed by atoms with Gasteiger partial charge >= 0.3 is 134 Å². The molecule has 9 heteroatoms. The smallest absolute Gasteiger partial charge is 1.00 e. The predicted molar refractivity (Wildman–Crippen MR) is 88.0 cm³/mol. The molecule has 0 saturated heterocycles. The molecule has 0 fully saturated rings. The van der Waals surface area contributed by atoms with Gasteiger partial charge in [-0.3, -0.25) is 4.70 Å². The minimum absolute atomic E-state index is 0. The van der Waals surface area contributed by atoms with E-state index in [0.29, 0.717) is 5.56 Å². The summed E-state index contributed by atoms with van der Waals surface area (Å²) in [6.07, 6.45) is 0. The van der Waals surface area contributed by atoms with Crippen LogP contribution in [0, 0.1) is 3.57 Å². The Kier molecular flexibility index (Phi) is 19.8. The van der Waals surface area contributed by atoms with Crippen LogP contribution in [0.15, 0.2) is 48.5 Å². The molecule has 0 atom stereocenters. The van der Waals surface area contributed by atoms with Crippen LogP contribution >= 0.6 is 22.6 Å². The predicted octanol–water partition coefficient (Wildman–Crippen LogP) is -5.76. The first-order chi connectivity index (χ1) is 9.93. The largest absolute Gasteiger partial charge is 1.00 e. The van der Waals surface area contributed by atoms with Gasteiger partial charge in [-0.05, 0) is 40.3 Å². The summed E-state index contributed by atoms with van der Waals surface area (Å²) < 4.78 is 2.09. The van der Waals surface area contributed by atoms with Crippen LogP contribution < -0.4 is 72.9 Å².